The highest BCUT2D eigenvalue weighted by Gasteiger charge is 2.36. The number of hydrogen-bond donors (Lipinski definition) is 2. The smallest absolute Gasteiger partial charge is 0.416 e. The van der Waals surface area contributed by atoms with Gasteiger partial charge in [0.2, 0.25) is 0 Å². The Kier molecular flexibility index (Phi) is 4.43. The van der Waals surface area contributed by atoms with Crippen LogP contribution in [0.15, 0.2) is 48.5 Å². The fourth-order valence-corrected chi connectivity index (χ4v) is 2.79. The molecule has 0 fully saturated rings. The maximum absolute atomic E-state index is 12.7. The van der Waals surface area contributed by atoms with Gasteiger partial charge < -0.3 is 15.2 Å². The molecule has 1 heterocycles. The van der Waals surface area contributed by atoms with Gasteiger partial charge in [0.25, 0.3) is 5.91 Å². The highest BCUT2D eigenvalue weighted by Crippen LogP contribution is 2.36. The van der Waals surface area contributed by atoms with Crippen LogP contribution in [0.5, 0.6) is 5.75 Å². The van der Waals surface area contributed by atoms with Crippen LogP contribution in [0.2, 0.25) is 0 Å². The first-order valence-corrected chi connectivity index (χ1v) is 7.70. The molecule has 0 saturated carbocycles. The zero-order valence-corrected chi connectivity index (χ0v) is 13.1. The fraction of sp³-hybridized carbons (Fsp3) is 0.278. The summed E-state index contributed by atoms with van der Waals surface area (Å²) >= 11 is 0. The van der Waals surface area contributed by atoms with Crippen LogP contribution in [-0.2, 0) is 11.8 Å². The maximum atomic E-state index is 12.7. The van der Waals surface area contributed by atoms with Crippen molar-refractivity contribution >= 4 is 5.91 Å². The summed E-state index contributed by atoms with van der Waals surface area (Å²) in [6.45, 7) is 0.162. The average molecular weight is 351 g/mol. The molecule has 1 atom stereocenters. The first kappa shape index (κ1) is 17.3. The Morgan fingerprint density at radius 3 is 2.72 bits per heavy atom. The summed E-state index contributed by atoms with van der Waals surface area (Å²) in [5, 5.41) is 13.3. The molecular formula is C18H16F3NO3. The third-order valence-electron chi connectivity index (χ3n) is 4.16. The molecule has 2 N–H and O–H groups in total. The van der Waals surface area contributed by atoms with E-state index in [2.05, 4.69) is 5.32 Å². The lowest BCUT2D eigenvalue weighted by atomic mass is 9.88. The number of hydrogen-bond acceptors (Lipinski definition) is 3. The number of halogens is 3. The molecule has 0 radical (unpaired) electrons. The standard InChI is InChI=1S/C18H16F3NO3/c19-18(20,21)13-5-3-4-12(10-13)16(23)22-11-17(24)8-9-25-15-7-2-1-6-14(15)17/h1-7,10,24H,8-9,11H2,(H,22,23). The zero-order chi connectivity index (χ0) is 18.1. The second-order valence-corrected chi connectivity index (χ2v) is 5.89. The summed E-state index contributed by atoms with van der Waals surface area (Å²) in [4.78, 5) is 12.2. The largest absolute Gasteiger partial charge is 0.493 e. The Balaban J connectivity index is 1.75. The van der Waals surface area contributed by atoms with Gasteiger partial charge in [-0.15, -0.1) is 0 Å². The molecular weight excluding hydrogens is 335 g/mol. The minimum absolute atomic E-state index is 0.112. The van der Waals surface area contributed by atoms with Crippen molar-refractivity contribution < 1.29 is 27.8 Å². The zero-order valence-electron chi connectivity index (χ0n) is 13.1. The highest BCUT2D eigenvalue weighted by atomic mass is 19.4. The first-order chi connectivity index (χ1) is 11.8. The quantitative estimate of drug-likeness (QED) is 0.893. The summed E-state index contributed by atoms with van der Waals surface area (Å²) < 4.78 is 43.7. The van der Waals surface area contributed by atoms with Gasteiger partial charge in [0.1, 0.15) is 11.4 Å². The van der Waals surface area contributed by atoms with Gasteiger partial charge in [0, 0.05) is 17.5 Å². The Morgan fingerprint density at radius 1 is 1.20 bits per heavy atom. The number of nitrogens with one attached hydrogen (secondary N) is 1. The number of carbonyl (C=O) groups is 1. The van der Waals surface area contributed by atoms with E-state index in [1.807, 2.05) is 0 Å². The van der Waals surface area contributed by atoms with Crippen molar-refractivity contribution in [3.63, 3.8) is 0 Å². The molecule has 0 bridgehead atoms. The highest BCUT2D eigenvalue weighted by molar-refractivity contribution is 5.94. The molecule has 1 unspecified atom stereocenters. The minimum atomic E-state index is -4.52. The molecule has 0 saturated heterocycles. The molecule has 3 rings (SSSR count). The molecule has 0 aliphatic carbocycles. The van der Waals surface area contributed by atoms with Crippen molar-refractivity contribution in [2.24, 2.45) is 0 Å². The SMILES string of the molecule is O=C(NCC1(O)CCOc2ccccc21)c1cccc(C(F)(F)F)c1. The molecule has 1 aliphatic heterocycles. The predicted molar refractivity (Wildman–Crippen MR) is 84.2 cm³/mol. The average Bonchev–Trinajstić information content (AvgIpc) is 2.60. The fourth-order valence-electron chi connectivity index (χ4n) is 2.79. The van der Waals surface area contributed by atoms with Crippen LogP contribution in [0.4, 0.5) is 13.2 Å². The molecule has 2 aromatic carbocycles. The number of rotatable bonds is 3. The minimum Gasteiger partial charge on any atom is -0.493 e. The molecule has 1 amide bonds. The second-order valence-electron chi connectivity index (χ2n) is 5.89. The van der Waals surface area contributed by atoms with Crippen LogP contribution >= 0.6 is 0 Å². The number of alkyl halides is 3. The number of benzene rings is 2. The number of carbonyl (C=O) groups excluding carboxylic acids is 1. The van der Waals surface area contributed by atoms with Gasteiger partial charge in [-0.3, -0.25) is 4.79 Å². The summed E-state index contributed by atoms with van der Waals surface area (Å²) in [7, 11) is 0. The normalized spacial score (nSPS) is 19.7. The maximum Gasteiger partial charge on any atom is 0.416 e. The van der Waals surface area contributed by atoms with Crippen molar-refractivity contribution in [3.05, 3.63) is 65.2 Å². The summed E-state index contributed by atoms with van der Waals surface area (Å²) in [5.41, 5.74) is -1.79. The monoisotopic (exact) mass is 351 g/mol. The number of para-hydroxylation sites is 1. The van der Waals surface area contributed by atoms with Crippen molar-refractivity contribution in [2.45, 2.75) is 18.2 Å². The molecule has 132 valence electrons. The van der Waals surface area contributed by atoms with Crippen molar-refractivity contribution in [2.75, 3.05) is 13.2 Å². The van der Waals surface area contributed by atoms with Gasteiger partial charge in [-0.05, 0) is 24.3 Å². The lowest BCUT2D eigenvalue weighted by Crippen LogP contribution is -2.43. The van der Waals surface area contributed by atoms with E-state index in [1.54, 1.807) is 24.3 Å². The van der Waals surface area contributed by atoms with Crippen LogP contribution < -0.4 is 10.1 Å². The Morgan fingerprint density at radius 2 is 1.96 bits per heavy atom. The van der Waals surface area contributed by atoms with Crippen molar-refractivity contribution in [1.82, 2.24) is 5.32 Å². The molecule has 25 heavy (non-hydrogen) atoms. The van der Waals surface area contributed by atoms with E-state index in [1.165, 1.54) is 12.1 Å². The van der Waals surface area contributed by atoms with Crippen LogP contribution in [0.25, 0.3) is 0 Å². The number of fused-ring (bicyclic) bond motifs is 1. The molecule has 2 aromatic rings. The van der Waals surface area contributed by atoms with E-state index in [0.717, 1.165) is 12.1 Å². The number of amides is 1. The molecule has 0 spiro atoms. The van der Waals surface area contributed by atoms with Gasteiger partial charge in [-0.2, -0.15) is 13.2 Å². The number of aliphatic hydroxyl groups is 1. The van der Waals surface area contributed by atoms with E-state index in [0.29, 0.717) is 11.3 Å². The topological polar surface area (TPSA) is 58.6 Å². The molecule has 0 aromatic heterocycles. The van der Waals surface area contributed by atoms with Gasteiger partial charge in [0.15, 0.2) is 0 Å². The van der Waals surface area contributed by atoms with Crippen LogP contribution in [-0.4, -0.2) is 24.2 Å². The van der Waals surface area contributed by atoms with Gasteiger partial charge in [-0.25, -0.2) is 0 Å². The molecule has 4 nitrogen and oxygen atoms in total. The summed E-state index contributed by atoms with van der Waals surface area (Å²) in [6, 6.07) is 11.1. The predicted octanol–water partition coefficient (Wildman–Crippen LogP) is 3.11. The lowest BCUT2D eigenvalue weighted by molar-refractivity contribution is -0.137. The van der Waals surface area contributed by atoms with E-state index >= 15 is 0 Å². The van der Waals surface area contributed by atoms with Crippen molar-refractivity contribution in [3.8, 4) is 5.75 Å². The second kappa shape index (κ2) is 6.40. The Hall–Kier alpha value is -2.54. The third-order valence-corrected chi connectivity index (χ3v) is 4.16. The van der Waals surface area contributed by atoms with E-state index in [9.17, 15) is 23.1 Å². The summed E-state index contributed by atoms with van der Waals surface area (Å²) in [5.74, 6) is -0.145. The lowest BCUT2D eigenvalue weighted by Gasteiger charge is -2.34. The summed E-state index contributed by atoms with van der Waals surface area (Å²) in [6.07, 6.45) is -4.25. The van der Waals surface area contributed by atoms with Gasteiger partial charge in [0.05, 0.1) is 18.7 Å². The molecule has 7 heteroatoms. The van der Waals surface area contributed by atoms with Gasteiger partial charge >= 0.3 is 6.18 Å². The number of ether oxygens (including phenoxy) is 1. The Labute approximate surface area is 142 Å². The molecule has 1 aliphatic rings. The van der Waals surface area contributed by atoms with Crippen LogP contribution in [0, 0.1) is 0 Å². The van der Waals surface area contributed by atoms with Crippen LogP contribution in [0.1, 0.15) is 27.9 Å². The van der Waals surface area contributed by atoms with Gasteiger partial charge in [-0.1, -0.05) is 24.3 Å². The van der Waals surface area contributed by atoms with Crippen molar-refractivity contribution in [1.29, 1.82) is 0 Å². The third kappa shape index (κ3) is 3.61. The first-order valence-electron chi connectivity index (χ1n) is 7.70. The van der Waals surface area contributed by atoms with E-state index in [-0.39, 0.29) is 25.1 Å². The van der Waals surface area contributed by atoms with E-state index < -0.39 is 23.2 Å². The van der Waals surface area contributed by atoms with E-state index in [4.69, 9.17) is 4.74 Å². The Bertz CT molecular complexity index is 791. The van der Waals surface area contributed by atoms with Crippen LogP contribution in [0.3, 0.4) is 0 Å².